The van der Waals surface area contributed by atoms with Crippen LogP contribution in [-0.2, 0) is 4.79 Å². The standard InChI is InChI=1S/C21H16BrF2N5O2S/c1-10(29-9-12(22)8-26-29)20(31)28-16-15-13(11-5-3-2-4-6-11)7-14(18(23)24)27-21(15)32-17(16)19(25)30/h2-10,18H,1H3,(H2,25,30)(H,28,31). The first-order chi connectivity index (χ1) is 15.3. The lowest BCUT2D eigenvalue weighted by atomic mass is 10.0. The zero-order chi connectivity index (χ0) is 23.0. The molecule has 2 amide bonds. The van der Waals surface area contributed by atoms with E-state index in [1.807, 2.05) is 0 Å². The molecule has 0 saturated carbocycles. The first-order valence-corrected chi connectivity index (χ1v) is 11.0. The molecule has 0 fully saturated rings. The molecule has 1 unspecified atom stereocenters. The smallest absolute Gasteiger partial charge is 0.280 e. The first kappa shape index (κ1) is 22.0. The Balaban J connectivity index is 1.90. The molecule has 0 radical (unpaired) electrons. The topological polar surface area (TPSA) is 103 Å². The number of carbonyl (C=O) groups excluding carboxylic acids is 2. The Morgan fingerprint density at radius 3 is 2.56 bits per heavy atom. The summed E-state index contributed by atoms with van der Waals surface area (Å²) in [6.45, 7) is 1.64. The highest BCUT2D eigenvalue weighted by atomic mass is 79.9. The van der Waals surface area contributed by atoms with E-state index in [1.54, 1.807) is 49.6 Å². The second kappa shape index (κ2) is 8.75. The summed E-state index contributed by atoms with van der Waals surface area (Å²) >= 11 is 4.15. The number of anilines is 1. The van der Waals surface area contributed by atoms with Crippen LogP contribution >= 0.6 is 27.3 Å². The summed E-state index contributed by atoms with van der Waals surface area (Å²) in [4.78, 5) is 29.4. The first-order valence-electron chi connectivity index (χ1n) is 9.37. The molecule has 164 valence electrons. The van der Waals surface area contributed by atoms with Gasteiger partial charge in [-0.3, -0.25) is 14.3 Å². The summed E-state index contributed by atoms with van der Waals surface area (Å²) < 4.78 is 29.2. The SMILES string of the molecule is CC(C(=O)Nc1c(C(N)=O)sc2nc(C(F)F)cc(-c3ccccc3)c12)n1cc(Br)cn1. The van der Waals surface area contributed by atoms with E-state index < -0.39 is 30.0 Å². The van der Waals surface area contributed by atoms with Crippen molar-refractivity contribution in [1.82, 2.24) is 14.8 Å². The van der Waals surface area contributed by atoms with Gasteiger partial charge in [-0.15, -0.1) is 11.3 Å². The number of nitrogens with zero attached hydrogens (tertiary/aromatic N) is 3. The number of rotatable bonds is 6. The van der Waals surface area contributed by atoms with Crippen molar-refractivity contribution in [3.8, 4) is 11.1 Å². The zero-order valence-electron chi connectivity index (χ0n) is 16.6. The van der Waals surface area contributed by atoms with Crippen molar-refractivity contribution in [3.05, 3.63) is 63.8 Å². The number of nitrogens with one attached hydrogen (secondary N) is 1. The lowest BCUT2D eigenvalue weighted by Crippen LogP contribution is -2.25. The predicted molar refractivity (Wildman–Crippen MR) is 122 cm³/mol. The molecule has 0 aliphatic rings. The minimum atomic E-state index is -2.81. The summed E-state index contributed by atoms with van der Waals surface area (Å²) in [6.07, 6.45) is 0.371. The Morgan fingerprint density at radius 2 is 1.97 bits per heavy atom. The molecule has 1 aromatic carbocycles. The number of primary amides is 1. The van der Waals surface area contributed by atoms with Crippen LogP contribution in [0.1, 0.15) is 34.8 Å². The van der Waals surface area contributed by atoms with Gasteiger partial charge >= 0.3 is 0 Å². The molecule has 32 heavy (non-hydrogen) atoms. The molecule has 0 spiro atoms. The van der Waals surface area contributed by atoms with Crippen LogP contribution in [0.4, 0.5) is 14.5 Å². The molecule has 3 heterocycles. The van der Waals surface area contributed by atoms with Gasteiger partial charge in [0.05, 0.1) is 16.4 Å². The molecule has 3 aromatic heterocycles. The molecular weight excluding hydrogens is 504 g/mol. The highest BCUT2D eigenvalue weighted by Gasteiger charge is 2.26. The van der Waals surface area contributed by atoms with E-state index in [0.717, 1.165) is 11.3 Å². The van der Waals surface area contributed by atoms with Crippen molar-refractivity contribution in [2.24, 2.45) is 5.73 Å². The third-order valence-electron chi connectivity index (χ3n) is 4.81. The van der Waals surface area contributed by atoms with E-state index in [4.69, 9.17) is 5.73 Å². The molecule has 7 nitrogen and oxygen atoms in total. The van der Waals surface area contributed by atoms with E-state index in [1.165, 1.54) is 10.7 Å². The lowest BCUT2D eigenvalue weighted by Gasteiger charge is -2.14. The summed E-state index contributed by atoms with van der Waals surface area (Å²) in [5, 5.41) is 7.23. The van der Waals surface area contributed by atoms with E-state index in [9.17, 15) is 18.4 Å². The van der Waals surface area contributed by atoms with Gasteiger partial charge in [0.25, 0.3) is 12.3 Å². The third-order valence-corrected chi connectivity index (χ3v) is 6.32. The number of aromatic nitrogens is 3. The van der Waals surface area contributed by atoms with Crippen LogP contribution in [0.2, 0.25) is 0 Å². The molecule has 0 bridgehead atoms. The van der Waals surface area contributed by atoms with E-state index in [-0.39, 0.29) is 15.4 Å². The van der Waals surface area contributed by atoms with Gasteiger partial charge in [0, 0.05) is 11.6 Å². The van der Waals surface area contributed by atoms with Crippen molar-refractivity contribution in [2.75, 3.05) is 5.32 Å². The monoisotopic (exact) mass is 519 g/mol. The zero-order valence-corrected chi connectivity index (χ0v) is 19.0. The van der Waals surface area contributed by atoms with Gasteiger partial charge in [-0.05, 0) is 40.0 Å². The fraction of sp³-hybridized carbons (Fsp3) is 0.143. The van der Waals surface area contributed by atoms with Crippen molar-refractivity contribution in [1.29, 1.82) is 0 Å². The Labute approximate surface area is 193 Å². The molecule has 3 N–H and O–H groups in total. The second-order valence-electron chi connectivity index (χ2n) is 6.92. The van der Waals surface area contributed by atoms with E-state index >= 15 is 0 Å². The van der Waals surface area contributed by atoms with Gasteiger partial charge in [-0.25, -0.2) is 13.8 Å². The number of hydrogen-bond acceptors (Lipinski definition) is 5. The van der Waals surface area contributed by atoms with Crippen molar-refractivity contribution in [3.63, 3.8) is 0 Å². The number of carbonyl (C=O) groups is 2. The number of benzene rings is 1. The molecule has 0 aliphatic carbocycles. The fourth-order valence-corrected chi connectivity index (χ4v) is 4.56. The lowest BCUT2D eigenvalue weighted by molar-refractivity contribution is -0.119. The Morgan fingerprint density at radius 1 is 1.25 bits per heavy atom. The largest absolute Gasteiger partial charge is 0.365 e. The summed E-state index contributed by atoms with van der Waals surface area (Å²) in [5.41, 5.74) is 6.32. The minimum absolute atomic E-state index is 0.0262. The van der Waals surface area contributed by atoms with Crippen molar-refractivity contribution < 1.29 is 18.4 Å². The van der Waals surface area contributed by atoms with E-state index in [0.29, 0.717) is 21.0 Å². The number of thiophene rings is 1. The van der Waals surface area contributed by atoms with Crippen LogP contribution in [-0.4, -0.2) is 26.6 Å². The predicted octanol–water partition coefficient (Wildman–Crippen LogP) is 5.16. The van der Waals surface area contributed by atoms with Crippen LogP contribution in [0.25, 0.3) is 21.3 Å². The minimum Gasteiger partial charge on any atom is -0.365 e. The van der Waals surface area contributed by atoms with Gasteiger partial charge in [-0.2, -0.15) is 5.10 Å². The van der Waals surface area contributed by atoms with Crippen molar-refractivity contribution >= 4 is 55.0 Å². The number of amides is 2. The van der Waals surface area contributed by atoms with Crippen molar-refractivity contribution in [2.45, 2.75) is 19.4 Å². The maximum absolute atomic E-state index is 13.5. The quantitative estimate of drug-likeness (QED) is 0.367. The maximum atomic E-state index is 13.5. The molecule has 1 atom stereocenters. The number of alkyl halides is 2. The Bertz CT molecular complexity index is 1320. The third kappa shape index (κ3) is 4.13. The summed E-state index contributed by atoms with van der Waals surface area (Å²) in [6, 6.07) is 9.38. The van der Waals surface area contributed by atoms with Crippen LogP contribution in [0, 0.1) is 0 Å². The molecule has 0 aliphatic heterocycles. The average molecular weight is 520 g/mol. The fourth-order valence-electron chi connectivity index (χ4n) is 3.24. The highest BCUT2D eigenvalue weighted by molar-refractivity contribution is 9.10. The van der Waals surface area contributed by atoms with Crippen LogP contribution in [0.15, 0.2) is 53.3 Å². The molecule has 4 rings (SSSR count). The van der Waals surface area contributed by atoms with Gasteiger partial charge in [-0.1, -0.05) is 30.3 Å². The Hall–Kier alpha value is -3.18. The summed E-state index contributed by atoms with van der Waals surface area (Å²) in [5.74, 6) is -1.25. The number of fused-ring (bicyclic) bond motifs is 1. The number of halogens is 3. The van der Waals surface area contributed by atoms with Gasteiger partial charge in [0.15, 0.2) is 0 Å². The maximum Gasteiger partial charge on any atom is 0.280 e. The molecule has 4 aromatic rings. The van der Waals surface area contributed by atoms with Crippen LogP contribution in [0.5, 0.6) is 0 Å². The summed E-state index contributed by atoms with van der Waals surface area (Å²) in [7, 11) is 0. The molecule has 11 heteroatoms. The second-order valence-corrected chi connectivity index (χ2v) is 8.83. The normalized spacial score (nSPS) is 12.3. The highest BCUT2D eigenvalue weighted by Crippen LogP contribution is 2.42. The molecular formula is C21H16BrF2N5O2S. The number of pyridine rings is 1. The molecule has 0 saturated heterocycles. The number of hydrogen-bond donors (Lipinski definition) is 2. The van der Waals surface area contributed by atoms with Gasteiger partial charge in [0.2, 0.25) is 5.91 Å². The van der Waals surface area contributed by atoms with Crippen LogP contribution < -0.4 is 11.1 Å². The van der Waals surface area contributed by atoms with E-state index in [2.05, 4.69) is 31.3 Å². The number of nitrogens with two attached hydrogens (primary N) is 1. The van der Waals surface area contributed by atoms with Gasteiger partial charge < -0.3 is 11.1 Å². The Kier molecular flexibility index (Phi) is 6.02. The van der Waals surface area contributed by atoms with Crippen LogP contribution in [0.3, 0.4) is 0 Å². The average Bonchev–Trinajstić information content (AvgIpc) is 3.37. The van der Waals surface area contributed by atoms with Gasteiger partial charge in [0.1, 0.15) is 21.4 Å².